The molecule has 0 aliphatic rings. The molecule has 2 aromatic carbocycles. The predicted molar refractivity (Wildman–Crippen MR) is 104 cm³/mol. The van der Waals surface area contributed by atoms with Gasteiger partial charge in [0.15, 0.2) is 11.5 Å². The summed E-state index contributed by atoms with van der Waals surface area (Å²) in [6, 6.07) is 14.8. The van der Waals surface area contributed by atoms with Crippen LogP contribution in [0.3, 0.4) is 0 Å². The number of rotatable bonds is 9. The minimum atomic E-state index is -0.225. The van der Waals surface area contributed by atoms with Crippen molar-refractivity contribution in [2.24, 2.45) is 0 Å². The molecule has 2 amide bonds. The van der Waals surface area contributed by atoms with Crippen LogP contribution in [0.15, 0.2) is 48.5 Å². The van der Waals surface area contributed by atoms with Gasteiger partial charge in [-0.05, 0) is 37.6 Å². The summed E-state index contributed by atoms with van der Waals surface area (Å²) < 4.78 is 11.2. The van der Waals surface area contributed by atoms with Gasteiger partial charge in [0.25, 0.3) is 5.91 Å². The van der Waals surface area contributed by atoms with Crippen LogP contribution in [0.25, 0.3) is 0 Å². The number of methoxy groups -OCH3 is 1. The zero-order valence-electron chi connectivity index (χ0n) is 16.0. The Morgan fingerprint density at radius 1 is 1.04 bits per heavy atom. The summed E-state index contributed by atoms with van der Waals surface area (Å²) in [7, 11) is 1.53. The Morgan fingerprint density at radius 2 is 1.78 bits per heavy atom. The lowest BCUT2D eigenvalue weighted by Gasteiger charge is -2.21. The molecular formula is C21H26N2O4. The average molecular weight is 370 g/mol. The monoisotopic (exact) mass is 370 g/mol. The van der Waals surface area contributed by atoms with Gasteiger partial charge in [-0.15, -0.1) is 0 Å². The van der Waals surface area contributed by atoms with E-state index < -0.39 is 0 Å². The molecule has 6 heteroatoms. The number of benzene rings is 2. The number of likely N-dealkylation sites (N-methyl/N-ethyl adjacent to an activating group) is 2. The number of nitrogens with zero attached hydrogens (tertiary/aromatic N) is 1. The van der Waals surface area contributed by atoms with Crippen LogP contribution in [-0.4, -0.2) is 43.5 Å². The number of hydrogen-bond donors (Lipinski definition) is 1. The van der Waals surface area contributed by atoms with Crippen LogP contribution in [0, 0.1) is 0 Å². The second kappa shape index (κ2) is 10.2. The van der Waals surface area contributed by atoms with E-state index in [9.17, 15) is 9.59 Å². The van der Waals surface area contributed by atoms with Crippen molar-refractivity contribution in [2.75, 3.05) is 26.7 Å². The number of ether oxygens (including phenoxy) is 2. The van der Waals surface area contributed by atoms with E-state index in [1.807, 2.05) is 44.2 Å². The minimum Gasteiger partial charge on any atom is -0.493 e. The summed E-state index contributed by atoms with van der Waals surface area (Å²) in [5.41, 5.74) is 1.49. The zero-order valence-corrected chi connectivity index (χ0v) is 16.0. The van der Waals surface area contributed by atoms with Gasteiger partial charge in [0, 0.05) is 18.7 Å². The molecule has 0 heterocycles. The van der Waals surface area contributed by atoms with E-state index in [2.05, 4.69) is 5.32 Å². The summed E-state index contributed by atoms with van der Waals surface area (Å²) >= 11 is 0. The summed E-state index contributed by atoms with van der Waals surface area (Å²) in [5.74, 6) is 0.634. The topological polar surface area (TPSA) is 67.9 Å². The number of hydrogen-bond acceptors (Lipinski definition) is 4. The van der Waals surface area contributed by atoms with Crippen molar-refractivity contribution in [3.63, 3.8) is 0 Å². The van der Waals surface area contributed by atoms with Crippen molar-refractivity contribution in [3.05, 3.63) is 59.7 Å². The first-order chi connectivity index (χ1) is 13.1. The van der Waals surface area contributed by atoms with Gasteiger partial charge in [-0.1, -0.05) is 30.3 Å². The van der Waals surface area contributed by atoms with Gasteiger partial charge in [0.2, 0.25) is 5.91 Å². The lowest BCUT2D eigenvalue weighted by Crippen LogP contribution is -2.40. The summed E-state index contributed by atoms with van der Waals surface area (Å²) in [5, 5.41) is 2.70. The van der Waals surface area contributed by atoms with Crippen LogP contribution in [0.1, 0.15) is 29.8 Å². The lowest BCUT2D eigenvalue weighted by atomic mass is 10.1. The van der Waals surface area contributed by atoms with Crippen LogP contribution >= 0.6 is 0 Å². The van der Waals surface area contributed by atoms with Crippen molar-refractivity contribution >= 4 is 11.8 Å². The fourth-order valence-corrected chi connectivity index (χ4v) is 2.59. The van der Waals surface area contributed by atoms with E-state index in [1.54, 1.807) is 18.2 Å². The molecule has 0 spiro atoms. The molecule has 0 radical (unpaired) electrons. The smallest absolute Gasteiger partial charge is 0.254 e. The van der Waals surface area contributed by atoms with Gasteiger partial charge in [-0.2, -0.15) is 0 Å². The van der Waals surface area contributed by atoms with Crippen LogP contribution < -0.4 is 14.8 Å². The van der Waals surface area contributed by atoms with E-state index in [1.165, 1.54) is 12.0 Å². The first kappa shape index (κ1) is 20.3. The Balaban J connectivity index is 2.11. The highest BCUT2D eigenvalue weighted by Gasteiger charge is 2.19. The number of carbonyl (C=O) groups excluding carboxylic acids is 2. The van der Waals surface area contributed by atoms with Gasteiger partial charge in [-0.3, -0.25) is 9.59 Å². The number of nitrogens with one attached hydrogen (secondary N) is 1. The maximum absolute atomic E-state index is 12.7. The maximum Gasteiger partial charge on any atom is 0.254 e. The molecule has 2 rings (SSSR count). The third-order valence-electron chi connectivity index (χ3n) is 4.03. The normalized spacial score (nSPS) is 10.2. The van der Waals surface area contributed by atoms with Crippen molar-refractivity contribution < 1.29 is 19.1 Å². The quantitative estimate of drug-likeness (QED) is 0.737. The first-order valence-corrected chi connectivity index (χ1v) is 8.99. The summed E-state index contributed by atoms with van der Waals surface area (Å²) in [4.78, 5) is 26.0. The highest BCUT2D eigenvalue weighted by Crippen LogP contribution is 2.29. The van der Waals surface area contributed by atoms with Crippen molar-refractivity contribution in [1.29, 1.82) is 0 Å². The first-order valence-electron chi connectivity index (χ1n) is 8.99. The van der Waals surface area contributed by atoms with Gasteiger partial charge in [-0.25, -0.2) is 0 Å². The van der Waals surface area contributed by atoms with Crippen molar-refractivity contribution in [2.45, 2.75) is 20.5 Å². The molecule has 0 atom stereocenters. The van der Waals surface area contributed by atoms with Gasteiger partial charge >= 0.3 is 0 Å². The van der Waals surface area contributed by atoms with Crippen LogP contribution in [-0.2, 0) is 11.4 Å². The Bertz CT molecular complexity index is 762. The van der Waals surface area contributed by atoms with Crippen LogP contribution in [0.2, 0.25) is 0 Å². The molecule has 0 fully saturated rings. The molecule has 27 heavy (non-hydrogen) atoms. The highest BCUT2D eigenvalue weighted by molar-refractivity contribution is 5.97. The third kappa shape index (κ3) is 5.74. The van der Waals surface area contributed by atoms with Gasteiger partial charge < -0.3 is 19.7 Å². The average Bonchev–Trinajstić information content (AvgIpc) is 2.70. The molecule has 0 aliphatic carbocycles. The summed E-state index contributed by atoms with van der Waals surface area (Å²) in [6.07, 6.45) is 0. The molecule has 0 saturated heterocycles. The van der Waals surface area contributed by atoms with Crippen molar-refractivity contribution in [3.8, 4) is 11.5 Å². The maximum atomic E-state index is 12.7. The van der Waals surface area contributed by atoms with Crippen LogP contribution in [0.4, 0.5) is 0 Å². The molecule has 0 aliphatic heterocycles. The Morgan fingerprint density at radius 3 is 2.41 bits per heavy atom. The molecular weight excluding hydrogens is 344 g/mol. The molecule has 0 aromatic heterocycles. The molecule has 2 aromatic rings. The minimum absolute atomic E-state index is 0.0255. The van der Waals surface area contributed by atoms with E-state index in [0.717, 1.165) is 5.56 Å². The van der Waals surface area contributed by atoms with Gasteiger partial charge in [0.05, 0.1) is 13.7 Å². The third-order valence-corrected chi connectivity index (χ3v) is 4.03. The fourth-order valence-electron chi connectivity index (χ4n) is 2.59. The molecule has 144 valence electrons. The SMILES string of the molecule is CCNC(=O)CN(CC)C(=O)c1ccc(OCc2ccccc2)c(OC)c1. The Kier molecular flexibility index (Phi) is 7.67. The predicted octanol–water partition coefficient (Wildman–Crippen LogP) is 2.87. The van der Waals surface area contributed by atoms with E-state index in [4.69, 9.17) is 9.47 Å². The van der Waals surface area contributed by atoms with Crippen LogP contribution in [0.5, 0.6) is 11.5 Å². The Hall–Kier alpha value is -3.02. The van der Waals surface area contributed by atoms with E-state index >= 15 is 0 Å². The molecule has 6 nitrogen and oxygen atoms in total. The summed E-state index contributed by atoms with van der Waals surface area (Å²) in [6.45, 7) is 5.08. The molecule has 1 N–H and O–H groups in total. The van der Waals surface area contributed by atoms with E-state index in [0.29, 0.717) is 36.8 Å². The van der Waals surface area contributed by atoms with Gasteiger partial charge in [0.1, 0.15) is 6.61 Å². The second-order valence-electron chi connectivity index (χ2n) is 5.91. The zero-order chi connectivity index (χ0) is 19.6. The largest absolute Gasteiger partial charge is 0.493 e. The lowest BCUT2D eigenvalue weighted by molar-refractivity contribution is -0.121. The second-order valence-corrected chi connectivity index (χ2v) is 5.91. The van der Waals surface area contributed by atoms with E-state index in [-0.39, 0.29) is 18.4 Å². The molecule has 0 saturated carbocycles. The highest BCUT2D eigenvalue weighted by atomic mass is 16.5. The number of amides is 2. The molecule has 0 bridgehead atoms. The van der Waals surface area contributed by atoms with Crippen molar-refractivity contribution in [1.82, 2.24) is 10.2 Å². The number of carbonyl (C=O) groups is 2. The molecule has 0 unspecified atom stereocenters. The Labute approximate surface area is 160 Å². The standard InChI is InChI=1S/C21H26N2O4/c1-4-22-20(24)14-23(5-2)21(25)17-11-12-18(19(13-17)26-3)27-15-16-9-7-6-8-10-16/h6-13H,4-5,14-15H2,1-3H3,(H,22,24). The fraction of sp³-hybridized carbons (Fsp3) is 0.333.